The van der Waals surface area contributed by atoms with Crippen LogP contribution in [0.1, 0.15) is 32.7 Å². The summed E-state index contributed by atoms with van der Waals surface area (Å²) in [6.07, 6.45) is 4.97. The van der Waals surface area contributed by atoms with Crippen LogP contribution in [-0.2, 0) is 20.9 Å². The van der Waals surface area contributed by atoms with E-state index in [1.807, 2.05) is 30.3 Å². The average Bonchev–Trinajstić information content (AvgIpc) is 3.65. The van der Waals surface area contributed by atoms with Gasteiger partial charge in [0.2, 0.25) is 11.8 Å². The molecule has 2 fully saturated rings. The highest BCUT2D eigenvalue weighted by Crippen LogP contribution is 2.53. The van der Waals surface area contributed by atoms with Crippen molar-refractivity contribution in [1.29, 1.82) is 0 Å². The van der Waals surface area contributed by atoms with E-state index in [0.29, 0.717) is 23.6 Å². The summed E-state index contributed by atoms with van der Waals surface area (Å²) >= 11 is 0. The van der Waals surface area contributed by atoms with Gasteiger partial charge in [-0.25, -0.2) is 4.79 Å². The van der Waals surface area contributed by atoms with Gasteiger partial charge in [0.15, 0.2) is 12.4 Å². The maximum absolute atomic E-state index is 13.0. The summed E-state index contributed by atoms with van der Waals surface area (Å²) in [4.78, 5) is 52.2. The molecule has 0 aromatic heterocycles. The van der Waals surface area contributed by atoms with E-state index in [2.05, 4.69) is 12.2 Å². The number of esters is 1. The first-order valence-electron chi connectivity index (χ1n) is 12.6. The molecule has 6 rings (SSSR count). The van der Waals surface area contributed by atoms with Crippen LogP contribution in [0.2, 0.25) is 0 Å². The molecule has 38 heavy (non-hydrogen) atoms. The van der Waals surface area contributed by atoms with Gasteiger partial charge in [0, 0.05) is 5.56 Å². The van der Waals surface area contributed by atoms with Crippen LogP contribution in [0.5, 0.6) is 5.75 Å². The van der Waals surface area contributed by atoms with E-state index in [9.17, 15) is 19.2 Å². The molecule has 0 N–H and O–H groups in total. The number of ketones is 1. The minimum atomic E-state index is -0.661. The molecule has 3 aromatic carbocycles. The molecule has 1 heterocycles. The standard InChI is InChI=1S/C31H25NO6/c33-26(20-10-14-25(15-11-20)37-17-19-4-2-1-3-5-19)18-38-31(36)21-8-12-24(13-9-21)32-29(34)27-22-6-7-23(16-22)28(27)30(32)35/h1-15,22-23,27-28H,16-18H2/t22-,23-,27-,28-/m0/s1. The van der Waals surface area contributed by atoms with Gasteiger partial charge in [-0.1, -0.05) is 42.5 Å². The number of carbonyl (C=O) groups is 4. The third kappa shape index (κ3) is 4.30. The number of hydrogen-bond acceptors (Lipinski definition) is 6. The van der Waals surface area contributed by atoms with Gasteiger partial charge in [-0.05, 0) is 72.4 Å². The van der Waals surface area contributed by atoms with Crippen molar-refractivity contribution in [3.05, 3.63) is 108 Å². The van der Waals surface area contributed by atoms with E-state index in [1.54, 1.807) is 36.4 Å². The van der Waals surface area contributed by atoms with Crippen molar-refractivity contribution in [1.82, 2.24) is 0 Å². The third-order valence-corrected chi connectivity index (χ3v) is 7.59. The first kappa shape index (κ1) is 23.9. The molecule has 3 aromatic rings. The SMILES string of the molecule is O=C(COC(=O)c1ccc(N2C(=O)[C@@H]3[C@@H](C2=O)[C@H]2C=C[C@H]3C2)cc1)c1ccc(OCc2ccccc2)cc1. The molecule has 7 heteroatoms. The Morgan fingerprint density at radius 3 is 2.00 bits per heavy atom. The van der Waals surface area contributed by atoms with E-state index in [1.165, 1.54) is 17.0 Å². The molecular formula is C31H25NO6. The lowest BCUT2D eigenvalue weighted by molar-refractivity contribution is -0.123. The summed E-state index contributed by atoms with van der Waals surface area (Å²) < 4.78 is 10.9. The van der Waals surface area contributed by atoms with Gasteiger partial charge in [0.25, 0.3) is 0 Å². The van der Waals surface area contributed by atoms with Gasteiger partial charge in [0.1, 0.15) is 12.4 Å². The number of hydrogen-bond donors (Lipinski definition) is 0. The Hall–Kier alpha value is -4.52. The van der Waals surface area contributed by atoms with Crippen LogP contribution in [0.4, 0.5) is 5.69 Å². The molecular weight excluding hydrogens is 482 g/mol. The number of fused-ring (bicyclic) bond motifs is 5. The predicted molar refractivity (Wildman–Crippen MR) is 138 cm³/mol. The second kappa shape index (κ2) is 9.74. The Morgan fingerprint density at radius 1 is 0.763 bits per heavy atom. The number of carbonyl (C=O) groups excluding carboxylic acids is 4. The van der Waals surface area contributed by atoms with Crippen molar-refractivity contribution >= 4 is 29.3 Å². The largest absolute Gasteiger partial charge is 0.489 e. The summed E-state index contributed by atoms with van der Waals surface area (Å²) in [6, 6.07) is 22.6. The smallest absolute Gasteiger partial charge is 0.338 e. The van der Waals surface area contributed by atoms with E-state index >= 15 is 0 Å². The molecule has 0 radical (unpaired) electrons. The van der Waals surface area contributed by atoms with Crippen molar-refractivity contribution in [3.63, 3.8) is 0 Å². The average molecular weight is 508 g/mol. The Labute approximate surface area is 219 Å². The molecule has 1 saturated heterocycles. The highest BCUT2D eigenvalue weighted by molar-refractivity contribution is 6.22. The monoisotopic (exact) mass is 507 g/mol. The van der Waals surface area contributed by atoms with E-state index in [4.69, 9.17) is 9.47 Å². The van der Waals surface area contributed by atoms with E-state index in [0.717, 1.165) is 12.0 Å². The number of imide groups is 1. The lowest BCUT2D eigenvalue weighted by atomic mass is 9.85. The van der Waals surface area contributed by atoms with Crippen LogP contribution in [0.3, 0.4) is 0 Å². The Kier molecular flexibility index (Phi) is 6.12. The van der Waals surface area contributed by atoms with Crippen LogP contribution in [0.15, 0.2) is 91.0 Å². The summed E-state index contributed by atoms with van der Waals surface area (Å²) in [5.41, 5.74) is 2.11. The molecule has 0 unspecified atom stereocenters. The molecule has 190 valence electrons. The van der Waals surface area contributed by atoms with Crippen molar-refractivity contribution in [2.24, 2.45) is 23.7 Å². The minimum absolute atomic E-state index is 0.135. The van der Waals surface area contributed by atoms with Crippen molar-refractivity contribution in [2.75, 3.05) is 11.5 Å². The highest BCUT2D eigenvalue weighted by Gasteiger charge is 2.59. The predicted octanol–water partition coefficient (Wildman–Crippen LogP) is 4.62. The number of nitrogens with zero attached hydrogens (tertiary/aromatic N) is 1. The fraction of sp³-hybridized carbons (Fsp3) is 0.226. The molecule has 1 saturated carbocycles. The molecule has 4 atom stereocenters. The fourth-order valence-electron chi connectivity index (χ4n) is 5.68. The lowest BCUT2D eigenvalue weighted by Crippen LogP contribution is -2.32. The number of allylic oxidation sites excluding steroid dienone is 2. The van der Waals surface area contributed by atoms with Gasteiger partial charge in [-0.3, -0.25) is 19.3 Å². The Morgan fingerprint density at radius 2 is 1.37 bits per heavy atom. The molecule has 3 aliphatic rings. The summed E-state index contributed by atoms with van der Waals surface area (Å²) in [5, 5.41) is 0. The van der Waals surface area contributed by atoms with Crippen molar-refractivity contribution in [2.45, 2.75) is 13.0 Å². The number of anilines is 1. The first-order chi connectivity index (χ1) is 18.5. The van der Waals surface area contributed by atoms with Crippen LogP contribution in [0, 0.1) is 23.7 Å². The zero-order valence-corrected chi connectivity index (χ0v) is 20.5. The number of ether oxygens (including phenoxy) is 2. The normalized spacial score (nSPS) is 23.0. The first-order valence-corrected chi connectivity index (χ1v) is 12.6. The second-order valence-corrected chi connectivity index (χ2v) is 9.86. The van der Waals surface area contributed by atoms with E-state index in [-0.39, 0.29) is 46.8 Å². The number of Topliss-reactive ketones (excluding diaryl/α,β-unsaturated/α-hetero) is 1. The Balaban J connectivity index is 1.03. The van der Waals surface area contributed by atoms with Crippen molar-refractivity contribution in [3.8, 4) is 5.75 Å². The molecule has 2 aliphatic carbocycles. The lowest BCUT2D eigenvalue weighted by Gasteiger charge is -2.17. The minimum Gasteiger partial charge on any atom is -0.489 e. The topological polar surface area (TPSA) is 90.0 Å². The summed E-state index contributed by atoms with van der Waals surface area (Å²) in [5.74, 6) is -1.00. The maximum Gasteiger partial charge on any atom is 0.338 e. The van der Waals surface area contributed by atoms with Gasteiger partial charge >= 0.3 is 5.97 Å². The van der Waals surface area contributed by atoms with Gasteiger partial charge < -0.3 is 9.47 Å². The number of amides is 2. The van der Waals surface area contributed by atoms with Gasteiger partial charge in [-0.15, -0.1) is 0 Å². The van der Waals surface area contributed by atoms with Gasteiger partial charge in [-0.2, -0.15) is 0 Å². The molecule has 1 aliphatic heterocycles. The zero-order valence-electron chi connectivity index (χ0n) is 20.5. The van der Waals surface area contributed by atoms with Crippen molar-refractivity contribution < 1.29 is 28.7 Å². The van der Waals surface area contributed by atoms with Gasteiger partial charge in [0.05, 0.1) is 23.1 Å². The molecule has 2 amide bonds. The highest BCUT2D eigenvalue weighted by atomic mass is 16.5. The van der Waals surface area contributed by atoms with Crippen LogP contribution < -0.4 is 9.64 Å². The summed E-state index contributed by atoms with van der Waals surface area (Å²) in [6.45, 7) is 0.0110. The third-order valence-electron chi connectivity index (χ3n) is 7.59. The maximum atomic E-state index is 13.0. The number of benzene rings is 3. The fourth-order valence-corrected chi connectivity index (χ4v) is 5.68. The quantitative estimate of drug-likeness (QED) is 0.191. The Bertz CT molecular complexity index is 1400. The van der Waals surface area contributed by atoms with Crippen LogP contribution in [-0.4, -0.2) is 30.2 Å². The second-order valence-electron chi connectivity index (χ2n) is 9.86. The molecule has 7 nitrogen and oxygen atoms in total. The van der Waals surface area contributed by atoms with Crippen LogP contribution >= 0.6 is 0 Å². The molecule has 2 bridgehead atoms. The molecule has 0 spiro atoms. The van der Waals surface area contributed by atoms with E-state index < -0.39 is 12.6 Å². The van der Waals surface area contributed by atoms with Crippen LogP contribution in [0.25, 0.3) is 0 Å². The zero-order chi connectivity index (χ0) is 26.2. The number of rotatable bonds is 8. The summed E-state index contributed by atoms with van der Waals surface area (Å²) in [7, 11) is 0.